The summed E-state index contributed by atoms with van der Waals surface area (Å²) in [4.78, 5) is 12.6. The molecule has 7 heteroatoms. The van der Waals surface area contributed by atoms with E-state index in [4.69, 9.17) is 4.74 Å². The zero-order chi connectivity index (χ0) is 19.3. The van der Waals surface area contributed by atoms with Gasteiger partial charge >= 0.3 is 0 Å². The van der Waals surface area contributed by atoms with Crippen LogP contribution in [0.1, 0.15) is 16.1 Å². The molecule has 4 rings (SSSR count). The molecule has 0 aliphatic heterocycles. The molecule has 1 N–H and O–H groups in total. The summed E-state index contributed by atoms with van der Waals surface area (Å²) < 4.78 is 8.72. The molecule has 0 aliphatic rings. The van der Waals surface area contributed by atoms with Crippen molar-refractivity contribution in [1.82, 2.24) is 24.9 Å². The zero-order valence-corrected chi connectivity index (χ0v) is 15.3. The quantitative estimate of drug-likeness (QED) is 0.564. The predicted molar refractivity (Wildman–Crippen MR) is 105 cm³/mol. The largest absolute Gasteiger partial charge is 0.493 e. The number of carbonyl (C=O) groups excluding carboxylic acids is 1. The highest BCUT2D eigenvalue weighted by Crippen LogP contribution is 2.19. The Hall–Kier alpha value is -3.87. The van der Waals surface area contributed by atoms with Crippen LogP contribution in [-0.4, -0.2) is 32.6 Å². The molecular formula is C21H19N5O2. The van der Waals surface area contributed by atoms with E-state index in [1.807, 2.05) is 66.9 Å². The van der Waals surface area contributed by atoms with Gasteiger partial charge in [0.15, 0.2) is 11.4 Å². The minimum absolute atomic E-state index is 0.238. The molecule has 0 unspecified atom stereocenters. The Bertz CT molecular complexity index is 1070. The molecule has 2 heterocycles. The topological polar surface area (TPSA) is 74.0 Å². The Balaban J connectivity index is 1.47. The van der Waals surface area contributed by atoms with Gasteiger partial charge in [0.2, 0.25) is 0 Å². The number of para-hydroxylation sites is 2. The second kappa shape index (κ2) is 7.79. The summed E-state index contributed by atoms with van der Waals surface area (Å²) in [7, 11) is 1.52. The lowest BCUT2D eigenvalue weighted by atomic mass is 10.3. The maximum atomic E-state index is 12.6. The average molecular weight is 373 g/mol. The van der Waals surface area contributed by atoms with E-state index < -0.39 is 0 Å². The Morgan fingerprint density at radius 3 is 2.25 bits per heavy atom. The predicted octanol–water partition coefficient (Wildman–Crippen LogP) is 3.00. The van der Waals surface area contributed by atoms with Gasteiger partial charge in [-0.05, 0) is 24.3 Å². The average Bonchev–Trinajstić information content (AvgIpc) is 3.40. The van der Waals surface area contributed by atoms with Crippen LogP contribution in [0.2, 0.25) is 0 Å². The monoisotopic (exact) mass is 373 g/mol. The molecule has 28 heavy (non-hydrogen) atoms. The van der Waals surface area contributed by atoms with Crippen molar-refractivity contribution in [1.29, 1.82) is 0 Å². The summed E-state index contributed by atoms with van der Waals surface area (Å²) >= 11 is 0. The maximum absolute atomic E-state index is 12.6. The Morgan fingerprint density at radius 1 is 0.964 bits per heavy atom. The minimum atomic E-state index is -0.306. The second-order valence-electron chi connectivity index (χ2n) is 6.14. The van der Waals surface area contributed by atoms with E-state index >= 15 is 0 Å². The molecule has 1 amide bonds. The SMILES string of the molecule is COc1cn(-c2ccccc2)nc1C(=O)NCc1cnn(-c2ccccc2)c1. The third kappa shape index (κ3) is 3.64. The molecule has 0 aliphatic carbocycles. The van der Waals surface area contributed by atoms with Crippen LogP contribution in [0.25, 0.3) is 11.4 Å². The van der Waals surface area contributed by atoms with Gasteiger partial charge in [0.1, 0.15) is 0 Å². The summed E-state index contributed by atoms with van der Waals surface area (Å²) in [6, 6.07) is 19.4. The number of nitrogens with zero attached hydrogens (tertiary/aromatic N) is 4. The molecule has 0 spiro atoms. The first-order chi connectivity index (χ1) is 13.7. The zero-order valence-electron chi connectivity index (χ0n) is 15.3. The van der Waals surface area contributed by atoms with Gasteiger partial charge in [-0.15, -0.1) is 0 Å². The van der Waals surface area contributed by atoms with E-state index in [9.17, 15) is 4.79 Å². The second-order valence-corrected chi connectivity index (χ2v) is 6.14. The summed E-state index contributed by atoms with van der Waals surface area (Å²) in [5, 5.41) is 11.6. The molecule has 4 aromatic rings. The van der Waals surface area contributed by atoms with Crippen molar-refractivity contribution < 1.29 is 9.53 Å². The lowest BCUT2D eigenvalue weighted by Crippen LogP contribution is -2.23. The molecule has 0 bridgehead atoms. The van der Waals surface area contributed by atoms with Crippen molar-refractivity contribution in [2.45, 2.75) is 6.54 Å². The first-order valence-corrected chi connectivity index (χ1v) is 8.81. The number of amides is 1. The van der Waals surface area contributed by atoms with E-state index in [1.165, 1.54) is 7.11 Å². The van der Waals surface area contributed by atoms with Gasteiger partial charge < -0.3 is 10.1 Å². The fourth-order valence-corrected chi connectivity index (χ4v) is 2.82. The number of hydrogen-bond acceptors (Lipinski definition) is 4. The van der Waals surface area contributed by atoms with Crippen molar-refractivity contribution in [3.05, 3.63) is 90.5 Å². The first-order valence-electron chi connectivity index (χ1n) is 8.81. The van der Waals surface area contributed by atoms with Crippen LogP contribution in [0.5, 0.6) is 5.75 Å². The van der Waals surface area contributed by atoms with Gasteiger partial charge in [0, 0.05) is 18.3 Å². The minimum Gasteiger partial charge on any atom is -0.493 e. The Labute approximate surface area is 162 Å². The van der Waals surface area contributed by atoms with Crippen LogP contribution in [-0.2, 0) is 6.54 Å². The van der Waals surface area contributed by atoms with E-state index in [1.54, 1.807) is 21.8 Å². The lowest BCUT2D eigenvalue weighted by Gasteiger charge is -2.03. The summed E-state index contributed by atoms with van der Waals surface area (Å²) in [6.07, 6.45) is 5.31. The van der Waals surface area contributed by atoms with Crippen molar-refractivity contribution in [3.8, 4) is 17.1 Å². The van der Waals surface area contributed by atoms with E-state index in [0.29, 0.717) is 12.3 Å². The van der Waals surface area contributed by atoms with Crippen LogP contribution in [0.4, 0.5) is 0 Å². The van der Waals surface area contributed by atoms with Crippen LogP contribution in [0.3, 0.4) is 0 Å². The molecule has 2 aromatic heterocycles. The number of hydrogen-bond donors (Lipinski definition) is 1. The van der Waals surface area contributed by atoms with E-state index in [2.05, 4.69) is 15.5 Å². The fourth-order valence-electron chi connectivity index (χ4n) is 2.82. The van der Waals surface area contributed by atoms with Crippen LogP contribution >= 0.6 is 0 Å². The highest BCUT2D eigenvalue weighted by molar-refractivity contribution is 5.94. The highest BCUT2D eigenvalue weighted by atomic mass is 16.5. The number of ether oxygens (including phenoxy) is 1. The van der Waals surface area contributed by atoms with Crippen molar-refractivity contribution >= 4 is 5.91 Å². The van der Waals surface area contributed by atoms with Gasteiger partial charge in [-0.2, -0.15) is 10.2 Å². The van der Waals surface area contributed by atoms with Crippen molar-refractivity contribution in [3.63, 3.8) is 0 Å². The first kappa shape index (κ1) is 17.5. The molecule has 2 aromatic carbocycles. The van der Waals surface area contributed by atoms with E-state index in [-0.39, 0.29) is 11.6 Å². The van der Waals surface area contributed by atoms with Crippen LogP contribution < -0.4 is 10.1 Å². The number of carbonyl (C=O) groups is 1. The summed E-state index contributed by atoms with van der Waals surface area (Å²) in [5.74, 6) is 0.111. The van der Waals surface area contributed by atoms with Crippen LogP contribution in [0, 0.1) is 0 Å². The normalized spacial score (nSPS) is 10.6. The van der Waals surface area contributed by atoms with Gasteiger partial charge in [-0.25, -0.2) is 9.36 Å². The molecule has 7 nitrogen and oxygen atoms in total. The third-order valence-corrected chi connectivity index (χ3v) is 4.25. The Kier molecular flexibility index (Phi) is 4.88. The van der Waals surface area contributed by atoms with E-state index in [0.717, 1.165) is 16.9 Å². The fraction of sp³-hybridized carbons (Fsp3) is 0.0952. The third-order valence-electron chi connectivity index (χ3n) is 4.25. The molecular weight excluding hydrogens is 354 g/mol. The maximum Gasteiger partial charge on any atom is 0.275 e. The molecule has 0 radical (unpaired) electrons. The van der Waals surface area contributed by atoms with Crippen molar-refractivity contribution in [2.75, 3.05) is 7.11 Å². The van der Waals surface area contributed by atoms with Crippen LogP contribution in [0.15, 0.2) is 79.3 Å². The van der Waals surface area contributed by atoms with Gasteiger partial charge in [-0.1, -0.05) is 36.4 Å². The number of nitrogens with one attached hydrogen (secondary N) is 1. The van der Waals surface area contributed by atoms with Crippen molar-refractivity contribution in [2.24, 2.45) is 0 Å². The number of benzene rings is 2. The molecule has 140 valence electrons. The highest BCUT2D eigenvalue weighted by Gasteiger charge is 2.18. The molecule has 0 saturated carbocycles. The molecule has 0 fully saturated rings. The Morgan fingerprint density at radius 2 is 1.61 bits per heavy atom. The van der Waals surface area contributed by atoms with Gasteiger partial charge in [0.25, 0.3) is 5.91 Å². The summed E-state index contributed by atoms with van der Waals surface area (Å²) in [6.45, 7) is 0.340. The number of rotatable bonds is 6. The van der Waals surface area contributed by atoms with Gasteiger partial charge in [-0.3, -0.25) is 4.79 Å². The van der Waals surface area contributed by atoms with Gasteiger partial charge in [0.05, 0.1) is 30.9 Å². The number of aromatic nitrogens is 4. The molecule has 0 saturated heterocycles. The summed E-state index contributed by atoms with van der Waals surface area (Å²) in [5.41, 5.74) is 2.94. The number of methoxy groups -OCH3 is 1. The standard InChI is InChI=1S/C21H19N5O2/c1-28-19-15-26(18-10-6-3-7-11-18)24-20(19)21(27)22-12-16-13-23-25(14-16)17-8-4-2-5-9-17/h2-11,13-15H,12H2,1H3,(H,22,27). The lowest BCUT2D eigenvalue weighted by molar-refractivity contribution is 0.0942. The molecule has 0 atom stereocenters. The smallest absolute Gasteiger partial charge is 0.275 e.